The van der Waals surface area contributed by atoms with Gasteiger partial charge in [0.25, 0.3) is 11.8 Å². The summed E-state index contributed by atoms with van der Waals surface area (Å²) in [5, 5.41) is 4.28. The molecule has 3 atom stereocenters. The number of fused-ring (bicyclic) bond motifs is 1. The lowest BCUT2D eigenvalue weighted by atomic mass is 10.1. The molecule has 33 heavy (non-hydrogen) atoms. The number of thiazole rings is 1. The minimum atomic E-state index is -0.234. The summed E-state index contributed by atoms with van der Waals surface area (Å²) < 4.78 is 0.791. The van der Waals surface area contributed by atoms with E-state index < -0.39 is 0 Å². The topological polar surface area (TPSA) is 62.3 Å². The molecule has 170 valence electrons. The molecule has 2 heterocycles. The lowest BCUT2D eigenvalue weighted by Crippen LogP contribution is -2.45. The maximum absolute atomic E-state index is 13.7. The van der Waals surface area contributed by atoms with Gasteiger partial charge in [-0.2, -0.15) is 0 Å². The molecule has 1 saturated heterocycles. The predicted octanol–water partition coefficient (Wildman–Crippen LogP) is 5.73. The lowest BCUT2D eigenvalue weighted by Gasteiger charge is -2.27. The Balaban J connectivity index is 1.36. The van der Waals surface area contributed by atoms with E-state index in [0.29, 0.717) is 41.2 Å². The van der Waals surface area contributed by atoms with Crippen LogP contribution in [0.25, 0.3) is 10.4 Å². The number of hydrogen-bond donors (Lipinski definition) is 1. The van der Waals surface area contributed by atoms with Crippen LogP contribution in [0.1, 0.15) is 37.8 Å². The van der Waals surface area contributed by atoms with E-state index in [2.05, 4.69) is 32.3 Å². The number of amides is 2. The van der Waals surface area contributed by atoms with Gasteiger partial charge in [0.2, 0.25) is 0 Å². The highest BCUT2D eigenvalue weighted by molar-refractivity contribution is 9.10. The Morgan fingerprint density at radius 3 is 2.85 bits per heavy atom. The first-order valence-corrected chi connectivity index (χ1v) is 12.9. The Morgan fingerprint density at radius 1 is 1.24 bits per heavy atom. The number of hydrogen-bond acceptors (Lipinski definition) is 4. The molecule has 5 nitrogen and oxygen atoms in total. The van der Waals surface area contributed by atoms with Crippen LogP contribution in [0.3, 0.4) is 0 Å². The van der Waals surface area contributed by atoms with Crippen molar-refractivity contribution in [3.63, 3.8) is 0 Å². The highest BCUT2D eigenvalue weighted by atomic mass is 79.9. The highest BCUT2D eigenvalue weighted by Gasteiger charge is 2.54. The number of aromatic nitrogens is 1. The average molecular weight is 545 g/mol. The Bertz CT molecular complexity index is 1260. The standard InChI is InChI=1S/C25H23BrClN3O2S/c1-13-4-3-5-15(8-13)23-22(29-14(2)33-23)25(32)30-12-16-9-18(16)21(30)11-28-24(31)19-10-17(26)6-7-20(19)27/h3-8,10,16,18,21H,9,11-12H2,1-2H3,(H,28,31). The van der Waals surface area contributed by atoms with Crippen molar-refractivity contribution in [2.24, 2.45) is 11.8 Å². The third-order valence-electron chi connectivity index (χ3n) is 6.43. The number of benzene rings is 2. The summed E-state index contributed by atoms with van der Waals surface area (Å²) in [6, 6.07) is 13.3. The Hall–Kier alpha value is -2.22. The van der Waals surface area contributed by atoms with Crippen LogP contribution in [0.4, 0.5) is 0 Å². The average Bonchev–Trinajstić information content (AvgIpc) is 3.30. The summed E-state index contributed by atoms with van der Waals surface area (Å²) in [7, 11) is 0. The van der Waals surface area contributed by atoms with Gasteiger partial charge in [-0.25, -0.2) is 4.98 Å². The molecule has 2 aliphatic rings. The second-order valence-electron chi connectivity index (χ2n) is 8.80. The van der Waals surface area contributed by atoms with Crippen molar-refractivity contribution < 1.29 is 9.59 Å². The zero-order chi connectivity index (χ0) is 23.3. The first kappa shape index (κ1) is 22.6. The smallest absolute Gasteiger partial charge is 0.274 e. The molecular weight excluding hydrogens is 522 g/mol. The van der Waals surface area contributed by atoms with Gasteiger partial charge in [0, 0.05) is 17.6 Å². The second-order valence-corrected chi connectivity index (χ2v) is 11.3. The Morgan fingerprint density at radius 2 is 2.06 bits per heavy atom. The van der Waals surface area contributed by atoms with Crippen LogP contribution in [0, 0.1) is 25.7 Å². The van der Waals surface area contributed by atoms with Crippen LogP contribution in [-0.2, 0) is 0 Å². The summed E-state index contributed by atoms with van der Waals surface area (Å²) in [6.45, 7) is 5.09. The highest BCUT2D eigenvalue weighted by Crippen LogP contribution is 2.50. The van der Waals surface area contributed by atoms with Gasteiger partial charge in [-0.3, -0.25) is 9.59 Å². The first-order chi connectivity index (χ1) is 15.8. The molecule has 0 radical (unpaired) electrons. The molecule has 0 spiro atoms. The summed E-state index contributed by atoms with van der Waals surface area (Å²) in [5.74, 6) is 0.646. The van der Waals surface area contributed by atoms with Gasteiger partial charge in [0.1, 0.15) is 5.69 Å². The van der Waals surface area contributed by atoms with Gasteiger partial charge in [-0.05, 0) is 55.9 Å². The largest absolute Gasteiger partial charge is 0.350 e. The van der Waals surface area contributed by atoms with Crippen molar-refractivity contribution in [1.82, 2.24) is 15.2 Å². The number of carbonyl (C=O) groups is 2. The third-order valence-corrected chi connectivity index (χ3v) is 8.27. The summed E-state index contributed by atoms with van der Waals surface area (Å²) >= 11 is 11.2. The van der Waals surface area contributed by atoms with E-state index >= 15 is 0 Å². The number of halogens is 2. The van der Waals surface area contributed by atoms with E-state index in [9.17, 15) is 9.59 Å². The summed E-state index contributed by atoms with van der Waals surface area (Å²) in [5.41, 5.74) is 3.09. The molecule has 1 saturated carbocycles. The number of piperidine rings is 1. The molecule has 2 aromatic carbocycles. The number of likely N-dealkylation sites (tertiary alicyclic amines) is 1. The summed E-state index contributed by atoms with van der Waals surface area (Å²) in [4.78, 5) is 33.9. The molecule has 3 unspecified atom stereocenters. The van der Waals surface area contributed by atoms with E-state index in [1.807, 2.05) is 36.9 Å². The van der Waals surface area contributed by atoms with Gasteiger partial charge in [0.15, 0.2) is 0 Å². The fraction of sp³-hybridized carbons (Fsp3) is 0.320. The van der Waals surface area contributed by atoms with Gasteiger partial charge in [-0.15, -0.1) is 11.3 Å². The molecule has 2 fully saturated rings. The van der Waals surface area contributed by atoms with E-state index in [1.165, 1.54) is 0 Å². The normalized spacial score (nSPS) is 21.1. The van der Waals surface area contributed by atoms with Crippen molar-refractivity contribution >= 4 is 50.7 Å². The number of nitrogens with one attached hydrogen (secondary N) is 1. The van der Waals surface area contributed by atoms with Gasteiger partial charge >= 0.3 is 0 Å². The van der Waals surface area contributed by atoms with E-state index in [1.54, 1.807) is 29.5 Å². The van der Waals surface area contributed by atoms with Gasteiger partial charge in [-0.1, -0.05) is 57.4 Å². The molecule has 8 heteroatoms. The third kappa shape index (κ3) is 4.46. The zero-order valence-electron chi connectivity index (χ0n) is 18.3. The van der Waals surface area contributed by atoms with Crippen LogP contribution in [0.5, 0.6) is 0 Å². The van der Waals surface area contributed by atoms with E-state index in [4.69, 9.17) is 11.6 Å². The maximum atomic E-state index is 13.7. The quantitative estimate of drug-likeness (QED) is 0.446. The van der Waals surface area contributed by atoms with Crippen LogP contribution >= 0.6 is 38.9 Å². The molecule has 5 rings (SSSR count). The Labute approximate surface area is 210 Å². The molecule has 3 aromatic rings. The zero-order valence-corrected chi connectivity index (χ0v) is 21.4. The molecule has 1 N–H and O–H groups in total. The fourth-order valence-corrected chi connectivity index (χ4v) is 6.19. The molecule has 1 aliphatic carbocycles. The molecular formula is C25H23BrClN3O2S. The number of carbonyl (C=O) groups excluding carboxylic acids is 2. The first-order valence-electron chi connectivity index (χ1n) is 10.9. The van der Waals surface area contributed by atoms with Crippen LogP contribution in [0.2, 0.25) is 5.02 Å². The van der Waals surface area contributed by atoms with Gasteiger partial charge in [0.05, 0.1) is 26.5 Å². The van der Waals surface area contributed by atoms with E-state index in [0.717, 1.165) is 31.9 Å². The fourth-order valence-electron chi connectivity index (χ4n) is 4.72. The maximum Gasteiger partial charge on any atom is 0.274 e. The van der Waals surface area contributed by atoms with Crippen molar-refractivity contribution in [2.45, 2.75) is 26.3 Å². The van der Waals surface area contributed by atoms with E-state index in [-0.39, 0.29) is 17.9 Å². The van der Waals surface area contributed by atoms with Gasteiger partial charge < -0.3 is 10.2 Å². The lowest BCUT2D eigenvalue weighted by molar-refractivity contribution is 0.0690. The SMILES string of the molecule is Cc1cccc(-c2sc(C)nc2C(=O)N2CC3CC3C2CNC(=O)c2cc(Br)ccc2Cl)c1. The number of nitrogens with zero attached hydrogens (tertiary/aromatic N) is 2. The number of aryl methyl sites for hydroxylation is 2. The van der Waals surface area contributed by atoms with Crippen LogP contribution in [0.15, 0.2) is 46.9 Å². The van der Waals surface area contributed by atoms with Crippen LogP contribution < -0.4 is 5.32 Å². The molecule has 1 aromatic heterocycles. The molecule has 0 bridgehead atoms. The summed E-state index contributed by atoms with van der Waals surface area (Å²) in [6.07, 6.45) is 1.10. The monoisotopic (exact) mass is 543 g/mol. The molecule has 2 amide bonds. The molecule has 1 aliphatic heterocycles. The number of rotatable bonds is 5. The van der Waals surface area contributed by atoms with Crippen molar-refractivity contribution in [1.29, 1.82) is 0 Å². The predicted molar refractivity (Wildman–Crippen MR) is 135 cm³/mol. The Kier molecular flexibility index (Phi) is 6.05. The van der Waals surface area contributed by atoms with Crippen molar-refractivity contribution in [2.75, 3.05) is 13.1 Å². The van der Waals surface area contributed by atoms with Crippen LogP contribution in [-0.4, -0.2) is 40.8 Å². The second kappa shape index (κ2) is 8.85. The minimum absolute atomic E-state index is 0.0373. The van der Waals surface area contributed by atoms with Crippen molar-refractivity contribution in [3.8, 4) is 10.4 Å². The van der Waals surface area contributed by atoms with Crippen molar-refractivity contribution in [3.05, 3.63) is 73.8 Å². The minimum Gasteiger partial charge on any atom is -0.350 e.